The summed E-state index contributed by atoms with van der Waals surface area (Å²) in [6.07, 6.45) is 5.21. The lowest BCUT2D eigenvalue weighted by Gasteiger charge is -2.23. The second-order valence-corrected chi connectivity index (χ2v) is 4.73. The molecule has 1 aliphatic rings. The summed E-state index contributed by atoms with van der Waals surface area (Å²) in [6, 6.07) is 7.16. The van der Waals surface area contributed by atoms with E-state index in [0.717, 1.165) is 25.0 Å². The second kappa shape index (κ2) is 4.90. The maximum Gasteiger partial charge on any atom is 0.127 e. The Morgan fingerprint density at radius 2 is 2.28 bits per heavy atom. The zero-order valence-corrected chi connectivity index (χ0v) is 10.1. The van der Waals surface area contributed by atoms with E-state index in [1.165, 1.54) is 11.6 Å². The van der Waals surface area contributed by atoms with Crippen LogP contribution in [-0.2, 0) is 13.0 Å². The van der Waals surface area contributed by atoms with Gasteiger partial charge in [0.2, 0.25) is 0 Å². The molecule has 4 heteroatoms. The van der Waals surface area contributed by atoms with Gasteiger partial charge < -0.3 is 5.32 Å². The number of aromatic nitrogens is 2. The van der Waals surface area contributed by atoms with Gasteiger partial charge in [0.05, 0.1) is 11.9 Å². The Morgan fingerprint density at radius 1 is 1.39 bits per heavy atom. The number of aromatic amines is 1. The van der Waals surface area contributed by atoms with Gasteiger partial charge in [0.25, 0.3) is 0 Å². The molecule has 1 aromatic carbocycles. The van der Waals surface area contributed by atoms with Crippen molar-refractivity contribution in [3.05, 3.63) is 53.1 Å². The Hall–Kier alpha value is -1.68. The number of hydrogen-bond donors (Lipinski definition) is 2. The zero-order valence-electron chi connectivity index (χ0n) is 10.1. The molecule has 1 aliphatic carbocycles. The molecule has 1 aromatic heterocycles. The lowest BCUT2D eigenvalue weighted by molar-refractivity contribution is 0.444. The summed E-state index contributed by atoms with van der Waals surface area (Å²) in [5, 5.41) is 10.5. The van der Waals surface area contributed by atoms with E-state index in [2.05, 4.69) is 15.5 Å². The van der Waals surface area contributed by atoms with Crippen LogP contribution in [-0.4, -0.2) is 10.2 Å². The van der Waals surface area contributed by atoms with Gasteiger partial charge in [-0.3, -0.25) is 5.10 Å². The van der Waals surface area contributed by atoms with Gasteiger partial charge in [0.1, 0.15) is 5.82 Å². The molecular weight excluding hydrogens is 229 g/mol. The van der Waals surface area contributed by atoms with E-state index in [1.807, 2.05) is 18.3 Å². The molecule has 1 unspecified atom stereocenters. The highest BCUT2D eigenvalue weighted by Gasteiger charge is 2.21. The third kappa shape index (κ3) is 2.16. The SMILES string of the molecule is Fc1ccccc1CNC1CCCc2cn[nH]c21. The quantitative estimate of drug-likeness (QED) is 0.873. The lowest BCUT2D eigenvalue weighted by atomic mass is 9.93. The Labute approximate surface area is 105 Å². The number of aryl methyl sites for hydroxylation is 1. The fourth-order valence-corrected chi connectivity index (χ4v) is 2.54. The molecule has 0 fully saturated rings. The Bertz CT molecular complexity index is 535. The molecule has 0 aliphatic heterocycles. The van der Waals surface area contributed by atoms with Crippen molar-refractivity contribution in [3.8, 4) is 0 Å². The number of halogens is 1. The Morgan fingerprint density at radius 3 is 3.17 bits per heavy atom. The molecule has 1 heterocycles. The molecule has 0 bridgehead atoms. The summed E-state index contributed by atoms with van der Waals surface area (Å²) < 4.78 is 13.5. The number of benzene rings is 1. The van der Waals surface area contributed by atoms with Gasteiger partial charge >= 0.3 is 0 Å². The highest BCUT2D eigenvalue weighted by Crippen LogP contribution is 2.27. The first-order chi connectivity index (χ1) is 8.84. The number of H-pyrrole nitrogens is 1. The second-order valence-electron chi connectivity index (χ2n) is 4.73. The number of nitrogens with one attached hydrogen (secondary N) is 2. The van der Waals surface area contributed by atoms with Gasteiger partial charge in [-0.2, -0.15) is 5.10 Å². The first kappa shape index (κ1) is 11.4. The van der Waals surface area contributed by atoms with Crippen molar-refractivity contribution >= 4 is 0 Å². The maximum atomic E-state index is 13.5. The van der Waals surface area contributed by atoms with Crippen LogP contribution in [0, 0.1) is 5.82 Å². The Kier molecular flexibility index (Phi) is 3.11. The molecule has 0 saturated heterocycles. The standard InChI is InChI=1S/C14H16FN3/c15-12-6-2-1-4-10(12)8-16-13-7-3-5-11-9-17-18-14(11)13/h1-2,4,6,9,13,16H,3,5,7-8H2,(H,17,18). The zero-order chi connectivity index (χ0) is 12.4. The first-order valence-electron chi connectivity index (χ1n) is 6.33. The highest BCUT2D eigenvalue weighted by atomic mass is 19.1. The molecule has 3 nitrogen and oxygen atoms in total. The predicted octanol–water partition coefficient (Wildman–Crippen LogP) is 2.72. The van der Waals surface area contributed by atoms with Crippen molar-refractivity contribution in [3.63, 3.8) is 0 Å². The highest BCUT2D eigenvalue weighted by molar-refractivity contribution is 5.23. The molecule has 2 aromatic rings. The molecule has 1 atom stereocenters. The van der Waals surface area contributed by atoms with Crippen LogP contribution >= 0.6 is 0 Å². The van der Waals surface area contributed by atoms with E-state index >= 15 is 0 Å². The van der Waals surface area contributed by atoms with Gasteiger partial charge in [-0.05, 0) is 30.9 Å². The molecule has 18 heavy (non-hydrogen) atoms. The molecule has 2 N–H and O–H groups in total. The molecule has 0 spiro atoms. The molecular formula is C14H16FN3. The average molecular weight is 245 g/mol. The average Bonchev–Trinajstić information content (AvgIpc) is 2.86. The van der Waals surface area contributed by atoms with E-state index in [-0.39, 0.29) is 11.9 Å². The van der Waals surface area contributed by atoms with Gasteiger partial charge in [0, 0.05) is 18.2 Å². The van der Waals surface area contributed by atoms with Gasteiger partial charge in [-0.15, -0.1) is 0 Å². The molecule has 0 amide bonds. The summed E-state index contributed by atoms with van der Waals surface area (Å²) >= 11 is 0. The van der Waals surface area contributed by atoms with Crippen molar-refractivity contribution in [1.29, 1.82) is 0 Å². The smallest absolute Gasteiger partial charge is 0.127 e. The van der Waals surface area contributed by atoms with Crippen LogP contribution in [0.25, 0.3) is 0 Å². The topological polar surface area (TPSA) is 40.7 Å². The van der Waals surface area contributed by atoms with Crippen molar-refractivity contribution < 1.29 is 4.39 Å². The summed E-state index contributed by atoms with van der Waals surface area (Å²) in [7, 11) is 0. The third-order valence-electron chi connectivity index (χ3n) is 3.54. The number of fused-ring (bicyclic) bond motifs is 1. The van der Waals surface area contributed by atoms with Crippen LogP contribution in [0.2, 0.25) is 0 Å². The summed E-state index contributed by atoms with van der Waals surface area (Å²) in [5.74, 6) is -0.148. The number of rotatable bonds is 3. The molecule has 94 valence electrons. The minimum Gasteiger partial charge on any atom is -0.304 e. The van der Waals surface area contributed by atoms with Crippen molar-refractivity contribution in [2.24, 2.45) is 0 Å². The van der Waals surface area contributed by atoms with Crippen molar-refractivity contribution in [1.82, 2.24) is 15.5 Å². The molecule has 0 saturated carbocycles. The minimum atomic E-state index is -0.148. The van der Waals surface area contributed by atoms with Crippen molar-refractivity contribution in [2.75, 3.05) is 0 Å². The largest absolute Gasteiger partial charge is 0.304 e. The predicted molar refractivity (Wildman–Crippen MR) is 67.5 cm³/mol. The van der Waals surface area contributed by atoms with Crippen LogP contribution in [0.15, 0.2) is 30.5 Å². The van der Waals surface area contributed by atoms with Gasteiger partial charge in [-0.25, -0.2) is 4.39 Å². The van der Waals surface area contributed by atoms with E-state index in [1.54, 1.807) is 6.07 Å². The number of nitrogens with zero attached hydrogens (tertiary/aromatic N) is 1. The van der Waals surface area contributed by atoms with Crippen LogP contribution in [0.1, 0.15) is 35.7 Å². The van der Waals surface area contributed by atoms with Crippen molar-refractivity contribution in [2.45, 2.75) is 31.8 Å². The van der Waals surface area contributed by atoms with E-state index in [9.17, 15) is 4.39 Å². The van der Waals surface area contributed by atoms with E-state index in [4.69, 9.17) is 0 Å². The fourth-order valence-electron chi connectivity index (χ4n) is 2.54. The van der Waals surface area contributed by atoms with Crippen LogP contribution in [0.5, 0.6) is 0 Å². The normalized spacial score (nSPS) is 18.6. The maximum absolute atomic E-state index is 13.5. The first-order valence-corrected chi connectivity index (χ1v) is 6.33. The number of hydrogen-bond acceptors (Lipinski definition) is 2. The van der Waals surface area contributed by atoms with Crippen LogP contribution in [0.4, 0.5) is 4.39 Å². The van der Waals surface area contributed by atoms with Gasteiger partial charge in [-0.1, -0.05) is 18.2 Å². The van der Waals surface area contributed by atoms with Crippen LogP contribution in [0.3, 0.4) is 0 Å². The fraction of sp³-hybridized carbons (Fsp3) is 0.357. The monoisotopic (exact) mass is 245 g/mol. The van der Waals surface area contributed by atoms with Crippen LogP contribution < -0.4 is 5.32 Å². The van der Waals surface area contributed by atoms with Gasteiger partial charge in [0.15, 0.2) is 0 Å². The lowest BCUT2D eigenvalue weighted by Crippen LogP contribution is -2.25. The summed E-state index contributed by atoms with van der Waals surface area (Å²) in [4.78, 5) is 0. The van der Waals surface area contributed by atoms with E-state index < -0.39 is 0 Å². The molecule has 3 rings (SSSR count). The summed E-state index contributed by atoms with van der Waals surface area (Å²) in [6.45, 7) is 0.551. The molecule has 0 radical (unpaired) electrons. The third-order valence-corrected chi connectivity index (χ3v) is 3.54. The Balaban J connectivity index is 1.71. The van der Waals surface area contributed by atoms with E-state index in [0.29, 0.717) is 12.1 Å². The minimum absolute atomic E-state index is 0.148. The summed E-state index contributed by atoms with van der Waals surface area (Å²) in [5.41, 5.74) is 3.16.